The first kappa shape index (κ1) is 28.5. The molecule has 0 aliphatic heterocycles. The Hall–Kier alpha value is -7.24. The lowest BCUT2D eigenvalue weighted by molar-refractivity contribution is 0.992. The van der Waals surface area contributed by atoms with Crippen LogP contribution in [0.3, 0.4) is 0 Å². The van der Waals surface area contributed by atoms with Gasteiger partial charge in [0.25, 0.3) is 0 Å². The standard InChI is InChI=1S/C48H29N5/c1-2-15-32(16-3-1)51-41-24-12-8-18-34(41)38-28-31(26-27-43(38)51)46-36-20-7-10-22-39(36)49-48(50-46)53-42-25-13-9-21-37(42)45-35-19-6-5-17-33(35)44-29-30-14-4-11-23-40(30)52(44)47(45)53/h1-29H. The van der Waals surface area contributed by atoms with Crippen LogP contribution in [0.25, 0.3) is 105 Å². The molecule has 0 aliphatic carbocycles. The first-order valence-corrected chi connectivity index (χ1v) is 18.0. The largest absolute Gasteiger partial charge is 0.309 e. The molecule has 7 aromatic carbocycles. The molecule has 0 unspecified atom stereocenters. The number of nitrogens with zero attached hydrogens (tertiary/aromatic N) is 5. The number of pyridine rings is 1. The zero-order valence-electron chi connectivity index (χ0n) is 28.5. The van der Waals surface area contributed by atoms with E-state index in [1.165, 1.54) is 48.7 Å². The molecule has 5 nitrogen and oxygen atoms in total. The van der Waals surface area contributed by atoms with E-state index < -0.39 is 0 Å². The molecule has 0 aliphatic rings. The van der Waals surface area contributed by atoms with Crippen LogP contribution in [0, 0.1) is 0 Å². The van der Waals surface area contributed by atoms with Crippen molar-refractivity contribution < 1.29 is 0 Å². The van der Waals surface area contributed by atoms with Crippen molar-refractivity contribution in [3.05, 3.63) is 176 Å². The van der Waals surface area contributed by atoms with Crippen LogP contribution >= 0.6 is 0 Å². The molecule has 0 atom stereocenters. The molecule has 246 valence electrons. The average Bonchev–Trinajstić information content (AvgIpc) is 3.89. The van der Waals surface area contributed by atoms with Gasteiger partial charge in [0.2, 0.25) is 5.95 Å². The molecule has 5 heteroatoms. The highest BCUT2D eigenvalue weighted by Gasteiger charge is 2.23. The normalized spacial score (nSPS) is 12.2. The molecule has 0 radical (unpaired) electrons. The first-order valence-electron chi connectivity index (χ1n) is 18.0. The van der Waals surface area contributed by atoms with Gasteiger partial charge < -0.3 is 4.57 Å². The highest BCUT2D eigenvalue weighted by molar-refractivity contribution is 6.24. The van der Waals surface area contributed by atoms with E-state index in [1.807, 2.05) is 0 Å². The van der Waals surface area contributed by atoms with Gasteiger partial charge in [-0.3, -0.25) is 8.97 Å². The molecule has 5 aromatic heterocycles. The van der Waals surface area contributed by atoms with Gasteiger partial charge in [-0.2, -0.15) is 0 Å². The van der Waals surface area contributed by atoms with E-state index in [4.69, 9.17) is 9.97 Å². The summed E-state index contributed by atoms with van der Waals surface area (Å²) in [7, 11) is 0. The lowest BCUT2D eigenvalue weighted by Gasteiger charge is -2.14. The predicted octanol–water partition coefficient (Wildman–Crippen LogP) is 12.1. The molecule has 12 aromatic rings. The number of benzene rings is 7. The van der Waals surface area contributed by atoms with Crippen LogP contribution in [0.5, 0.6) is 0 Å². The van der Waals surface area contributed by atoms with Gasteiger partial charge in [0.15, 0.2) is 0 Å². The molecule has 0 saturated carbocycles. The maximum Gasteiger partial charge on any atom is 0.236 e. The summed E-state index contributed by atoms with van der Waals surface area (Å²) in [5.41, 5.74) is 10.8. The van der Waals surface area contributed by atoms with Gasteiger partial charge in [-0.05, 0) is 60.0 Å². The molecule has 0 spiro atoms. The van der Waals surface area contributed by atoms with Gasteiger partial charge >= 0.3 is 0 Å². The molecule has 5 heterocycles. The van der Waals surface area contributed by atoms with Crippen LogP contribution in [0.15, 0.2) is 176 Å². The minimum atomic E-state index is 0.645. The number of aromatic nitrogens is 5. The van der Waals surface area contributed by atoms with Gasteiger partial charge in [-0.15, -0.1) is 0 Å². The first-order chi connectivity index (χ1) is 26.3. The highest BCUT2D eigenvalue weighted by atomic mass is 15.2. The Morgan fingerprint density at radius 1 is 0.377 bits per heavy atom. The van der Waals surface area contributed by atoms with Gasteiger partial charge in [-0.25, -0.2) is 9.97 Å². The lowest BCUT2D eigenvalue weighted by Crippen LogP contribution is -2.06. The maximum atomic E-state index is 5.55. The second-order valence-electron chi connectivity index (χ2n) is 13.8. The Labute approximate surface area is 303 Å². The summed E-state index contributed by atoms with van der Waals surface area (Å²) in [6, 6.07) is 62.9. The van der Waals surface area contributed by atoms with Crippen LogP contribution in [0.2, 0.25) is 0 Å². The van der Waals surface area contributed by atoms with Crippen molar-refractivity contribution >= 4 is 81.8 Å². The van der Waals surface area contributed by atoms with E-state index >= 15 is 0 Å². The van der Waals surface area contributed by atoms with Crippen LogP contribution in [-0.4, -0.2) is 23.5 Å². The third kappa shape index (κ3) is 3.91. The van der Waals surface area contributed by atoms with Crippen molar-refractivity contribution in [2.75, 3.05) is 0 Å². The molecule has 0 bridgehead atoms. The Bertz CT molecular complexity index is 3460. The van der Waals surface area contributed by atoms with Crippen LogP contribution in [-0.2, 0) is 0 Å². The van der Waals surface area contributed by atoms with Gasteiger partial charge in [-0.1, -0.05) is 121 Å². The topological polar surface area (TPSA) is 40.0 Å². The summed E-state index contributed by atoms with van der Waals surface area (Å²) >= 11 is 0. The molecule has 0 fully saturated rings. The molecule has 0 saturated heterocycles. The van der Waals surface area contributed by atoms with E-state index in [1.54, 1.807) is 0 Å². The average molecular weight is 676 g/mol. The number of para-hydroxylation sites is 5. The summed E-state index contributed by atoms with van der Waals surface area (Å²) in [4.78, 5) is 10.9. The maximum absolute atomic E-state index is 5.55. The fourth-order valence-corrected chi connectivity index (χ4v) is 8.77. The fraction of sp³-hybridized carbons (Fsp3) is 0. The lowest BCUT2D eigenvalue weighted by atomic mass is 10.0. The smallest absolute Gasteiger partial charge is 0.236 e. The molecule has 0 amide bonds. The van der Waals surface area contributed by atoms with E-state index in [2.05, 4.69) is 189 Å². The minimum absolute atomic E-state index is 0.645. The van der Waals surface area contributed by atoms with Crippen LogP contribution in [0.1, 0.15) is 0 Å². The van der Waals surface area contributed by atoms with Gasteiger partial charge in [0.05, 0.1) is 38.8 Å². The molecular weight excluding hydrogens is 647 g/mol. The number of hydrogen-bond acceptors (Lipinski definition) is 2. The molecular formula is C48H29N5. The van der Waals surface area contributed by atoms with E-state index in [0.29, 0.717) is 5.95 Å². The highest BCUT2D eigenvalue weighted by Crippen LogP contribution is 2.42. The SMILES string of the molecule is c1ccc(-n2c3ccccc3c3cc(-c4nc(-n5c6ccccc6c6c7ccccc7c7cc8ccccc8n7c65)nc5ccccc45)ccc32)cc1. The monoisotopic (exact) mass is 675 g/mol. The summed E-state index contributed by atoms with van der Waals surface area (Å²) < 4.78 is 7.05. The third-order valence-electron chi connectivity index (χ3n) is 11.0. The Morgan fingerprint density at radius 3 is 1.79 bits per heavy atom. The molecule has 53 heavy (non-hydrogen) atoms. The van der Waals surface area contributed by atoms with E-state index in [-0.39, 0.29) is 0 Å². The fourth-order valence-electron chi connectivity index (χ4n) is 8.77. The van der Waals surface area contributed by atoms with Crippen molar-refractivity contribution in [1.29, 1.82) is 0 Å². The number of fused-ring (bicyclic) bond motifs is 14. The Kier molecular flexibility index (Phi) is 5.71. The molecule has 12 rings (SSSR count). The van der Waals surface area contributed by atoms with Crippen molar-refractivity contribution in [2.45, 2.75) is 0 Å². The van der Waals surface area contributed by atoms with E-state index in [0.717, 1.165) is 50.0 Å². The Morgan fingerprint density at radius 2 is 0.981 bits per heavy atom. The Balaban J connectivity index is 1.21. The predicted molar refractivity (Wildman–Crippen MR) is 220 cm³/mol. The van der Waals surface area contributed by atoms with Crippen molar-refractivity contribution in [2.24, 2.45) is 0 Å². The van der Waals surface area contributed by atoms with Gasteiger partial charge in [0, 0.05) is 49.0 Å². The number of rotatable bonds is 3. The van der Waals surface area contributed by atoms with Crippen LogP contribution in [0.4, 0.5) is 0 Å². The second kappa shape index (κ2) is 10.6. The zero-order chi connectivity index (χ0) is 34.6. The zero-order valence-corrected chi connectivity index (χ0v) is 28.5. The summed E-state index contributed by atoms with van der Waals surface area (Å²) in [6.45, 7) is 0. The van der Waals surface area contributed by atoms with Crippen LogP contribution < -0.4 is 0 Å². The minimum Gasteiger partial charge on any atom is -0.309 e. The summed E-state index contributed by atoms with van der Waals surface area (Å²) in [5, 5.41) is 9.43. The second-order valence-corrected chi connectivity index (χ2v) is 13.8. The quantitative estimate of drug-likeness (QED) is 0.187. The van der Waals surface area contributed by atoms with Crippen molar-refractivity contribution in [1.82, 2.24) is 23.5 Å². The third-order valence-corrected chi connectivity index (χ3v) is 11.0. The van der Waals surface area contributed by atoms with Crippen molar-refractivity contribution in [3.63, 3.8) is 0 Å². The van der Waals surface area contributed by atoms with Gasteiger partial charge in [0.1, 0.15) is 5.65 Å². The number of hydrogen-bond donors (Lipinski definition) is 0. The summed E-state index contributed by atoms with van der Waals surface area (Å²) in [6.07, 6.45) is 0. The molecule has 0 N–H and O–H groups in total. The van der Waals surface area contributed by atoms with Crippen molar-refractivity contribution in [3.8, 4) is 22.9 Å². The summed E-state index contributed by atoms with van der Waals surface area (Å²) in [5.74, 6) is 0.645. The van der Waals surface area contributed by atoms with E-state index in [9.17, 15) is 0 Å².